The Morgan fingerprint density at radius 3 is 2.88 bits per heavy atom. The zero-order valence-corrected chi connectivity index (χ0v) is 11.1. The maximum Gasteiger partial charge on any atom is 0.230 e. The molecule has 2 aliphatic rings. The first-order chi connectivity index (χ1) is 8.34. The van der Waals surface area contributed by atoms with E-state index >= 15 is 0 Å². The van der Waals surface area contributed by atoms with Crippen LogP contribution in [0.4, 0.5) is 0 Å². The number of thioether (sulfide) groups is 1. The van der Waals surface area contributed by atoms with Gasteiger partial charge >= 0.3 is 0 Å². The molecule has 0 spiro atoms. The normalized spacial score (nSPS) is 26.0. The van der Waals surface area contributed by atoms with Crippen LogP contribution in [-0.2, 0) is 9.53 Å². The van der Waals surface area contributed by atoms with Crippen molar-refractivity contribution >= 4 is 17.7 Å². The van der Waals surface area contributed by atoms with Gasteiger partial charge in [0.05, 0.1) is 12.4 Å². The summed E-state index contributed by atoms with van der Waals surface area (Å²) >= 11 is 1.80. The largest absolute Gasteiger partial charge is 0.381 e. The number of hydrogen-bond acceptors (Lipinski definition) is 4. The summed E-state index contributed by atoms with van der Waals surface area (Å²) in [5, 5.41) is 7.01. The van der Waals surface area contributed by atoms with Gasteiger partial charge in [0.2, 0.25) is 5.91 Å². The standard InChI is InChI=1S/C12H22N2O2S/c15-12(14-7-10-3-6-16-8-10)9-17-11-1-4-13-5-2-11/h10-11,13H,1-9H2,(H,14,15). The van der Waals surface area contributed by atoms with E-state index in [9.17, 15) is 4.79 Å². The van der Waals surface area contributed by atoms with Gasteiger partial charge in [-0.2, -0.15) is 0 Å². The van der Waals surface area contributed by atoms with E-state index < -0.39 is 0 Å². The molecule has 0 aliphatic carbocycles. The molecule has 0 aromatic carbocycles. The predicted molar refractivity (Wildman–Crippen MR) is 70.3 cm³/mol. The van der Waals surface area contributed by atoms with E-state index in [4.69, 9.17) is 4.74 Å². The average Bonchev–Trinajstić information content (AvgIpc) is 2.88. The first-order valence-corrected chi connectivity index (χ1v) is 7.56. The van der Waals surface area contributed by atoms with Crippen molar-refractivity contribution in [1.29, 1.82) is 0 Å². The second-order valence-electron chi connectivity index (χ2n) is 4.79. The summed E-state index contributed by atoms with van der Waals surface area (Å²) in [6, 6.07) is 0. The second-order valence-corrected chi connectivity index (χ2v) is 6.08. The smallest absolute Gasteiger partial charge is 0.230 e. The quantitative estimate of drug-likeness (QED) is 0.759. The third-order valence-electron chi connectivity index (χ3n) is 3.35. The fraction of sp³-hybridized carbons (Fsp3) is 0.917. The number of piperidine rings is 1. The maximum atomic E-state index is 11.7. The second kappa shape index (κ2) is 7.24. The van der Waals surface area contributed by atoms with E-state index in [1.54, 1.807) is 11.8 Å². The Hall–Kier alpha value is -0.260. The van der Waals surface area contributed by atoms with Crippen molar-refractivity contribution in [2.45, 2.75) is 24.5 Å². The Morgan fingerprint density at radius 2 is 2.18 bits per heavy atom. The highest BCUT2D eigenvalue weighted by Crippen LogP contribution is 2.19. The Kier molecular flexibility index (Phi) is 5.61. The predicted octanol–water partition coefficient (Wildman–Crippen LogP) is 0.624. The van der Waals surface area contributed by atoms with Crippen LogP contribution in [0.15, 0.2) is 0 Å². The molecule has 2 fully saturated rings. The Labute approximate surface area is 107 Å². The van der Waals surface area contributed by atoms with Crippen LogP contribution in [0.3, 0.4) is 0 Å². The van der Waals surface area contributed by atoms with Crippen LogP contribution in [0, 0.1) is 5.92 Å². The highest BCUT2D eigenvalue weighted by molar-refractivity contribution is 8.00. The van der Waals surface area contributed by atoms with Gasteiger partial charge in [-0.25, -0.2) is 0 Å². The van der Waals surface area contributed by atoms with Crippen LogP contribution >= 0.6 is 11.8 Å². The van der Waals surface area contributed by atoms with Crippen molar-refractivity contribution in [2.24, 2.45) is 5.92 Å². The number of nitrogens with one attached hydrogen (secondary N) is 2. The molecule has 5 heteroatoms. The van der Waals surface area contributed by atoms with Gasteiger partial charge in [0.15, 0.2) is 0 Å². The molecular formula is C12H22N2O2S. The molecule has 2 N–H and O–H groups in total. The van der Waals surface area contributed by atoms with Crippen LogP contribution in [0.2, 0.25) is 0 Å². The molecule has 0 bridgehead atoms. The fourth-order valence-corrected chi connectivity index (χ4v) is 3.27. The van der Waals surface area contributed by atoms with Crippen molar-refractivity contribution < 1.29 is 9.53 Å². The highest BCUT2D eigenvalue weighted by Gasteiger charge is 2.18. The van der Waals surface area contributed by atoms with E-state index in [1.807, 2.05) is 0 Å². The summed E-state index contributed by atoms with van der Waals surface area (Å²) in [4.78, 5) is 11.7. The average molecular weight is 258 g/mol. The van der Waals surface area contributed by atoms with E-state index in [0.717, 1.165) is 39.3 Å². The van der Waals surface area contributed by atoms with E-state index in [-0.39, 0.29) is 5.91 Å². The van der Waals surface area contributed by atoms with Crippen molar-refractivity contribution in [1.82, 2.24) is 10.6 Å². The molecule has 0 radical (unpaired) electrons. The van der Waals surface area contributed by atoms with Gasteiger partial charge in [-0.15, -0.1) is 11.8 Å². The Bertz CT molecular complexity index is 239. The summed E-state index contributed by atoms with van der Waals surface area (Å²) in [6.45, 7) is 4.63. The van der Waals surface area contributed by atoms with Gasteiger partial charge in [-0.05, 0) is 32.4 Å². The number of amides is 1. The van der Waals surface area contributed by atoms with Gasteiger partial charge in [-0.3, -0.25) is 4.79 Å². The van der Waals surface area contributed by atoms with E-state index in [1.165, 1.54) is 12.8 Å². The zero-order chi connectivity index (χ0) is 11.9. The first kappa shape index (κ1) is 13.2. The summed E-state index contributed by atoms with van der Waals surface area (Å²) in [5.74, 6) is 1.32. The maximum absolute atomic E-state index is 11.7. The van der Waals surface area contributed by atoms with Crippen LogP contribution in [-0.4, -0.2) is 49.8 Å². The molecule has 1 atom stereocenters. The van der Waals surface area contributed by atoms with Crippen molar-refractivity contribution in [2.75, 3.05) is 38.6 Å². The van der Waals surface area contributed by atoms with Crippen LogP contribution < -0.4 is 10.6 Å². The van der Waals surface area contributed by atoms with Crippen molar-refractivity contribution in [3.63, 3.8) is 0 Å². The highest BCUT2D eigenvalue weighted by atomic mass is 32.2. The van der Waals surface area contributed by atoms with Gasteiger partial charge in [0.1, 0.15) is 0 Å². The molecule has 1 amide bonds. The number of hydrogen-bond donors (Lipinski definition) is 2. The molecule has 2 saturated heterocycles. The lowest BCUT2D eigenvalue weighted by Gasteiger charge is -2.21. The van der Waals surface area contributed by atoms with Crippen LogP contribution in [0.5, 0.6) is 0 Å². The van der Waals surface area contributed by atoms with Gasteiger partial charge in [0.25, 0.3) is 0 Å². The SMILES string of the molecule is O=C(CSC1CCNCC1)NCC1CCOC1. The zero-order valence-electron chi connectivity index (χ0n) is 10.2. The summed E-state index contributed by atoms with van der Waals surface area (Å²) < 4.78 is 5.28. The van der Waals surface area contributed by atoms with Crippen molar-refractivity contribution in [3.05, 3.63) is 0 Å². The molecule has 98 valence electrons. The number of carbonyl (C=O) groups excluding carboxylic acids is 1. The number of carbonyl (C=O) groups is 1. The lowest BCUT2D eigenvalue weighted by molar-refractivity contribution is -0.118. The molecule has 0 saturated carbocycles. The van der Waals surface area contributed by atoms with Crippen LogP contribution in [0.25, 0.3) is 0 Å². The molecule has 2 aliphatic heterocycles. The van der Waals surface area contributed by atoms with Gasteiger partial charge in [0, 0.05) is 24.3 Å². The van der Waals surface area contributed by atoms with Gasteiger partial charge < -0.3 is 15.4 Å². The molecule has 0 aromatic rings. The third-order valence-corrected chi connectivity index (χ3v) is 4.72. The first-order valence-electron chi connectivity index (χ1n) is 6.51. The fourth-order valence-electron chi connectivity index (χ4n) is 2.21. The van der Waals surface area contributed by atoms with Crippen LogP contribution in [0.1, 0.15) is 19.3 Å². The topological polar surface area (TPSA) is 50.4 Å². The molecule has 1 unspecified atom stereocenters. The molecule has 17 heavy (non-hydrogen) atoms. The van der Waals surface area contributed by atoms with E-state index in [2.05, 4.69) is 10.6 Å². The lowest BCUT2D eigenvalue weighted by atomic mass is 10.1. The summed E-state index contributed by atoms with van der Waals surface area (Å²) in [6.07, 6.45) is 3.46. The minimum atomic E-state index is 0.181. The molecule has 4 nitrogen and oxygen atoms in total. The van der Waals surface area contributed by atoms with Crippen molar-refractivity contribution in [3.8, 4) is 0 Å². The summed E-state index contributed by atoms with van der Waals surface area (Å²) in [7, 11) is 0. The minimum Gasteiger partial charge on any atom is -0.381 e. The molecule has 2 rings (SSSR count). The Balaban J connectivity index is 1.53. The summed E-state index contributed by atoms with van der Waals surface area (Å²) in [5.41, 5.74) is 0. The monoisotopic (exact) mass is 258 g/mol. The third kappa shape index (κ3) is 4.85. The molecule has 0 aromatic heterocycles. The lowest BCUT2D eigenvalue weighted by Crippen LogP contribution is -2.33. The van der Waals surface area contributed by atoms with Gasteiger partial charge in [-0.1, -0.05) is 0 Å². The molecule has 2 heterocycles. The number of rotatable bonds is 5. The Morgan fingerprint density at radius 1 is 1.35 bits per heavy atom. The molecular weight excluding hydrogens is 236 g/mol. The minimum absolute atomic E-state index is 0.181. The number of ether oxygens (including phenoxy) is 1. The van der Waals surface area contributed by atoms with E-state index in [0.29, 0.717) is 16.9 Å².